The van der Waals surface area contributed by atoms with Crippen LogP contribution in [0.3, 0.4) is 0 Å². The van der Waals surface area contributed by atoms with Crippen molar-refractivity contribution in [2.45, 2.75) is 25.2 Å². The van der Waals surface area contributed by atoms with Crippen LogP contribution in [0.1, 0.15) is 25.8 Å². The van der Waals surface area contributed by atoms with Crippen molar-refractivity contribution >= 4 is 27.1 Å². The highest BCUT2D eigenvalue weighted by Gasteiger charge is 2.30. The van der Waals surface area contributed by atoms with Gasteiger partial charge in [0.05, 0.1) is 36.1 Å². The molecule has 0 saturated carbocycles. The van der Waals surface area contributed by atoms with E-state index in [0.717, 1.165) is 23.8 Å². The van der Waals surface area contributed by atoms with E-state index in [4.69, 9.17) is 9.47 Å². The molecule has 0 aromatic heterocycles. The Morgan fingerprint density at radius 1 is 1.22 bits per heavy atom. The molecule has 1 aliphatic rings. The van der Waals surface area contributed by atoms with E-state index < -0.39 is 14.9 Å². The van der Waals surface area contributed by atoms with Crippen LogP contribution in [0.5, 0.6) is 5.75 Å². The van der Waals surface area contributed by atoms with Gasteiger partial charge in [0.2, 0.25) is 10.0 Å². The summed E-state index contributed by atoms with van der Waals surface area (Å²) >= 11 is 0. The number of hydrazone groups is 1. The van der Waals surface area contributed by atoms with Gasteiger partial charge in [0.25, 0.3) is 5.69 Å². The number of hydrogen-bond acceptors (Lipinski definition) is 8. The fourth-order valence-electron chi connectivity index (χ4n) is 3.08. The molecule has 11 heteroatoms. The Hall–Kier alpha value is -3.02. The first-order chi connectivity index (χ1) is 15.3. The number of nitro groups is 1. The minimum atomic E-state index is -3.98. The zero-order valence-electron chi connectivity index (χ0n) is 18.0. The molecule has 1 fully saturated rings. The molecule has 0 spiro atoms. The third kappa shape index (κ3) is 5.61. The molecular weight excluding hydrogens is 436 g/mol. The van der Waals surface area contributed by atoms with Crippen molar-refractivity contribution < 1.29 is 22.8 Å². The van der Waals surface area contributed by atoms with E-state index in [0.29, 0.717) is 12.3 Å². The van der Waals surface area contributed by atoms with Gasteiger partial charge in [0.15, 0.2) is 0 Å². The molecule has 1 saturated heterocycles. The highest BCUT2D eigenvalue weighted by Crippen LogP contribution is 2.29. The summed E-state index contributed by atoms with van der Waals surface area (Å²) in [7, 11) is -3.98. The van der Waals surface area contributed by atoms with Gasteiger partial charge in [-0.05, 0) is 49.2 Å². The monoisotopic (exact) mass is 462 g/mol. The van der Waals surface area contributed by atoms with Crippen molar-refractivity contribution in [3.8, 4) is 5.75 Å². The van der Waals surface area contributed by atoms with E-state index in [1.165, 1.54) is 16.4 Å². The van der Waals surface area contributed by atoms with Crippen molar-refractivity contribution in [3.05, 3.63) is 58.1 Å². The Morgan fingerprint density at radius 3 is 2.53 bits per heavy atom. The number of sulfonamides is 1. The zero-order chi connectivity index (χ0) is 23.1. The first kappa shape index (κ1) is 23.6. The number of nitrogens with zero attached hydrogens (tertiary/aromatic N) is 3. The summed E-state index contributed by atoms with van der Waals surface area (Å²) in [5.74, 6) is 0.755. The molecule has 0 bridgehead atoms. The summed E-state index contributed by atoms with van der Waals surface area (Å²) in [5, 5.41) is 15.5. The second kappa shape index (κ2) is 10.5. The van der Waals surface area contributed by atoms with Crippen LogP contribution in [0.4, 0.5) is 11.4 Å². The molecule has 0 radical (unpaired) electrons. The number of ether oxygens (including phenoxy) is 2. The molecule has 32 heavy (non-hydrogen) atoms. The van der Waals surface area contributed by atoms with Gasteiger partial charge in [0.1, 0.15) is 10.6 Å². The van der Waals surface area contributed by atoms with E-state index in [1.54, 1.807) is 6.92 Å². The molecule has 1 heterocycles. The van der Waals surface area contributed by atoms with Gasteiger partial charge in [-0.15, -0.1) is 0 Å². The Morgan fingerprint density at radius 2 is 1.91 bits per heavy atom. The smallest absolute Gasteiger partial charge is 0.270 e. The Bertz CT molecular complexity index is 1080. The highest BCUT2D eigenvalue weighted by molar-refractivity contribution is 7.89. The normalized spacial score (nSPS) is 15.4. The van der Waals surface area contributed by atoms with Gasteiger partial charge < -0.3 is 9.47 Å². The first-order valence-electron chi connectivity index (χ1n) is 10.2. The van der Waals surface area contributed by atoms with Gasteiger partial charge in [-0.1, -0.05) is 6.92 Å². The number of non-ortho nitro benzene ring substituents is 1. The third-order valence-corrected chi connectivity index (χ3v) is 6.79. The number of benzene rings is 2. The molecule has 2 aromatic carbocycles. The SMILES string of the molecule is CCCOc1ccc(/C(C)=N/Nc2ccc([N+](=O)[O-])cc2S(=O)(=O)N2CCOCC2)cc1. The number of nitro benzene ring substituents is 1. The molecule has 1 aliphatic heterocycles. The van der Waals surface area contributed by atoms with Crippen LogP contribution in [-0.4, -0.2) is 56.3 Å². The summed E-state index contributed by atoms with van der Waals surface area (Å²) in [6.07, 6.45) is 0.914. The standard InChI is InChI=1S/C21H26N4O6S/c1-3-12-31-19-7-4-17(5-8-19)16(2)22-23-20-9-6-18(25(26)27)15-21(20)32(28,29)24-10-13-30-14-11-24/h4-9,15,23H,3,10-14H2,1-2H3/b22-16+. The third-order valence-electron chi connectivity index (χ3n) is 4.85. The number of hydrogen-bond donors (Lipinski definition) is 1. The maximum atomic E-state index is 13.2. The second-order valence-electron chi connectivity index (χ2n) is 7.14. The predicted octanol–water partition coefficient (Wildman–Crippen LogP) is 3.24. The first-order valence-corrected chi connectivity index (χ1v) is 11.7. The Kier molecular flexibility index (Phi) is 7.78. The van der Waals surface area contributed by atoms with E-state index in [1.807, 2.05) is 31.2 Å². The fraction of sp³-hybridized carbons (Fsp3) is 0.381. The van der Waals surface area contributed by atoms with E-state index >= 15 is 0 Å². The van der Waals surface area contributed by atoms with E-state index in [9.17, 15) is 18.5 Å². The van der Waals surface area contributed by atoms with Gasteiger partial charge in [-0.2, -0.15) is 9.41 Å². The average Bonchev–Trinajstić information content (AvgIpc) is 2.81. The lowest BCUT2D eigenvalue weighted by Crippen LogP contribution is -2.40. The molecule has 172 valence electrons. The molecule has 1 N–H and O–H groups in total. The van der Waals surface area contributed by atoms with Crippen LogP contribution in [0.15, 0.2) is 52.5 Å². The number of morpholine rings is 1. The van der Waals surface area contributed by atoms with E-state index in [-0.39, 0.29) is 42.6 Å². The average molecular weight is 463 g/mol. The van der Waals surface area contributed by atoms with Crippen LogP contribution in [0.25, 0.3) is 0 Å². The van der Waals surface area contributed by atoms with Crippen LogP contribution < -0.4 is 10.2 Å². The lowest BCUT2D eigenvalue weighted by molar-refractivity contribution is -0.385. The number of nitrogens with one attached hydrogen (secondary N) is 1. The lowest BCUT2D eigenvalue weighted by atomic mass is 10.1. The summed E-state index contributed by atoms with van der Waals surface area (Å²) in [6.45, 7) is 5.34. The minimum absolute atomic E-state index is 0.157. The Labute approximate surface area is 187 Å². The van der Waals surface area contributed by atoms with Crippen molar-refractivity contribution in [1.29, 1.82) is 0 Å². The van der Waals surface area contributed by atoms with Crippen molar-refractivity contribution in [1.82, 2.24) is 4.31 Å². The van der Waals surface area contributed by atoms with Crippen LogP contribution >= 0.6 is 0 Å². The van der Waals surface area contributed by atoms with Crippen molar-refractivity contribution in [2.75, 3.05) is 38.3 Å². The second-order valence-corrected chi connectivity index (χ2v) is 9.04. The van der Waals surface area contributed by atoms with Gasteiger partial charge in [-0.25, -0.2) is 8.42 Å². The van der Waals surface area contributed by atoms with Crippen molar-refractivity contribution in [2.24, 2.45) is 5.10 Å². The molecule has 2 aromatic rings. The summed E-state index contributed by atoms with van der Waals surface area (Å²) < 4.78 is 38.4. The van der Waals surface area contributed by atoms with Gasteiger partial charge >= 0.3 is 0 Å². The van der Waals surface area contributed by atoms with Gasteiger partial charge in [0, 0.05) is 25.2 Å². The molecule has 3 rings (SSSR count). The molecule has 0 unspecified atom stereocenters. The predicted molar refractivity (Wildman–Crippen MR) is 121 cm³/mol. The Balaban J connectivity index is 1.87. The highest BCUT2D eigenvalue weighted by atomic mass is 32.2. The molecule has 0 atom stereocenters. The maximum Gasteiger partial charge on any atom is 0.270 e. The van der Waals surface area contributed by atoms with Crippen LogP contribution in [-0.2, 0) is 14.8 Å². The number of rotatable bonds is 9. The zero-order valence-corrected chi connectivity index (χ0v) is 18.8. The van der Waals surface area contributed by atoms with Crippen molar-refractivity contribution in [3.63, 3.8) is 0 Å². The summed E-state index contributed by atoms with van der Waals surface area (Å²) in [4.78, 5) is 10.4. The largest absolute Gasteiger partial charge is 0.494 e. The molecular formula is C21H26N4O6S. The van der Waals surface area contributed by atoms with Gasteiger partial charge in [-0.3, -0.25) is 15.5 Å². The van der Waals surface area contributed by atoms with Crippen LogP contribution in [0, 0.1) is 10.1 Å². The van der Waals surface area contributed by atoms with E-state index in [2.05, 4.69) is 10.5 Å². The minimum Gasteiger partial charge on any atom is -0.494 e. The summed E-state index contributed by atoms with van der Waals surface area (Å²) in [6, 6.07) is 11.0. The summed E-state index contributed by atoms with van der Waals surface area (Å²) in [5.41, 5.74) is 4.04. The number of anilines is 1. The molecule has 0 aliphatic carbocycles. The molecule has 0 amide bonds. The fourth-order valence-corrected chi connectivity index (χ4v) is 4.65. The molecule has 10 nitrogen and oxygen atoms in total. The lowest BCUT2D eigenvalue weighted by Gasteiger charge is -2.26. The maximum absolute atomic E-state index is 13.2. The van der Waals surface area contributed by atoms with Crippen LogP contribution in [0.2, 0.25) is 0 Å². The topological polar surface area (TPSA) is 123 Å². The quantitative estimate of drug-likeness (QED) is 0.345.